The number of imide groups is 2. The summed E-state index contributed by atoms with van der Waals surface area (Å²) >= 11 is 1.95. The molecule has 302 valence electrons. The van der Waals surface area contributed by atoms with Gasteiger partial charge in [-0.15, -0.1) is 0 Å². The molecule has 4 amide bonds. The van der Waals surface area contributed by atoms with Crippen LogP contribution >= 0.6 is 23.5 Å². The number of aliphatic carboxylic acids is 2. The average Bonchev–Trinajstić information content (AvgIpc) is 3.71. The maximum Gasteiger partial charge on any atom is 0.328 e. The predicted molar refractivity (Wildman–Crippen MR) is 221 cm³/mol. The van der Waals surface area contributed by atoms with E-state index < -0.39 is 11.9 Å². The van der Waals surface area contributed by atoms with Crippen LogP contribution in [0.1, 0.15) is 11.1 Å². The van der Waals surface area contributed by atoms with Gasteiger partial charge in [-0.2, -0.15) is 0 Å². The molecule has 2 aliphatic heterocycles. The van der Waals surface area contributed by atoms with Crippen molar-refractivity contribution in [3.05, 3.63) is 126 Å². The highest BCUT2D eigenvalue weighted by molar-refractivity contribution is 8.18. The summed E-state index contributed by atoms with van der Waals surface area (Å²) in [5, 5.41) is 19.2. The number of anilines is 2. The van der Waals surface area contributed by atoms with Crippen LogP contribution in [0.2, 0.25) is 0 Å². The van der Waals surface area contributed by atoms with Crippen molar-refractivity contribution in [3.63, 3.8) is 0 Å². The molecule has 4 N–H and O–H groups in total. The summed E-state index contributed by atoms with van der Waals surface area (Å²) in [6.07, 6.45) is 6.86. The molecule has 18 heteroatoms. The molecular weight excluding hydrogens is 789 g/mol. The summed E-state index contributed by atoms with van der Waals surface area (Å²) in [6.45, 7) is 2.50. The van der Waals surface area contributed by atoms with Crippen molar-refractivity contribution in [1.82, 2.24) is 20.6 Å². The lowest BCUT2D eigenvalue weighted by Gasteiger charge is -2.18. The smallest absolute Gasteiger partial charge is 0.328 e. The van der Waals surface area contributed by atoms with Gasteiger partial charge in [0.25, 0.3) is 16.4 Å². The molecular formula is C40H40N6O10S2. The Morgan fingerprint density at radius 3 is 1.66 bits per heavy atom. The zero-order chi connectivity index (χ0) is 41.9. The van der Waals surface area contributed by atoms with Crippen LogP contribution in [-0.4, -0.2) is 100 Å². The number of carbonyl (C=O) groups is 6. The number of nitrogens with zero attached hydrogens (tertiary/aromatic N) is 4. The van der Waals surface area contributed by atoms with Crippen molar-refractivity contribution >= 4 is 75.5 Å². The van der Waals surface area contributed by atoms with E-state index in [1.54, 1.807) is 18.5 Å². The Kier molecular flexibility index (Phi) is 17.3. The van der Waals surface area contributed by atoms with Gasteiger partial charge in [-0.1, -0.05) is 48.2 Å². The number of hydrogen-bond donors (Lipinski definition) is 4. The van der Waals surface area contributed by atoms with E-state index in [1.165, 1.54) is 0 Å². The number of amides is 4. The van der Waals surface area contributed by atoms with Crippen LogP contribution in [-0.2, 0) is 25.6 Å². The molecule has 0 bridgehead atoms. The Morgan fingerprint density at radius 2 is 1.24 bits per heavy atom. The maximum absolute atomic E-state index is 11.6. The minimum atomic E-state index is -1.26. The standard InChI is InChI=1S/C18H19N3O3S.C18H17N3O3S.C4H4O4/c2*1-21(16-4-2-3-9-19-16)10-11-24-14-7-5-13(6-8-14)12-15-17(22)20-18(23)25-15;5-3(6)1-2-4(7)8/h2-9,15H,10-12H2,1H3,(H,20,22,23);2-9,12H,10-11H2,1H3,(H,20,22,23);1-2H,(H,5,6)(H,7,8)/b;15-12+;2-1-. The second-order valence-electron chi connectivity index (χ2n) is 12.1. The molecule has 2 aliphatic rings. The van der Waals surface area contributed by atoms with Crippen molar-refractivity contribution < 1.29 is 48.5 Å². The van der Waals surface area contributed by atoms with E-state index in [1.807, 2.05) is 109 Å². The first-order chi connectivity index (χ1) is 27.9. The van der Waals surface area contributed by atoms with E-state index in [0.29, 0.717) is 43.2 Å². The number of rotatable bonds is 15. The lowest BCUT2D eigenvalue weighted by atomic mass is 10.1. The van der Waals surface area contributed by atoms with Crippen LogP contribution in [0.25, 0.3) is 6.08 Å². The van der Waals surface area contributed by atoms with Crippen molar-refractivity contribution in [1.29, 1.82) is 0 Å². The number of benzene rings is 2. The monoisotopic (exact) mass is 828 g/mol. The van der Waals surface area contributed by atoms with E-state index in [9.17, 15) is 28.8 Å². The molecule has 2 aromatic carbocycles. The predicted octanol–water partition coefficient (Wildman–Crippen LogP) is 5.12. The van der Waals surface area contributed by atoms with Crippen molar-refractivity contribution in [2.45, 2.75) is 11.7 Å². The number of likely N-dealkylation sites (N-methyl/N-ethyl adjacent to an activating group) is 2. The largest absolute Gasteiger partial charge is 0.492 e. The molecule has 1 atom stereocenters. The van der Waals surface area contributed by atoms with Gasteiger partial charge in [0.05, 0.1) is 23.2 Å². The number of pyridine rings is 2. The summed E-state index contributed by atoms with van der Waals surface area (Å²) < 4.78 is 11.5. The first kappa shape index (κ1) is 44.1. The molecule has 0 saturated carbocycles. The Bertz CT molecular complexity index is 2070. The van der Waals surface area contributed by atoms with Gasteiger partial charge in [-0.3, -0.25) is 29.8 Å². The summed E-state index contributed by atoms with van der Waals surface area (Å²) in [5.74, 6) is 0.243. The lowest BCUT2D eigenvalue weighted by Crippen LogP contribution is -2.25. The van der Waals surface area contributed by atoms with Crippen LogP contribution in [0.4, 0.5) is 21.2 Å². The fraction of sp³-hybridized carbons (Fsp3) is 0.200. The van der Waals surface area contributed by atoms with E-state index >= 15 is 0 Å². The quantitative estimate of drug-likeness (QED) is 0.114. The highest BCUT2D eigenvalue weighted by atomic mass is 32.2. The average molecular weight is 829 g/mol. The third-order valence-corrected chi connectivity index (χ3v) is 9.56. The van der Waals surface area contributed by atoms with Gasteiger partial charge in [0, 0.05) is 38.6 Å². The normalized spacial score (nSPS) is 15.1. The SMILES string of the molecule is CN(CCOc1ccc(/C=C2/SC(=O)NC2=O)cc1)c1ccccn1.CN(CCOc1ccc(CC2SC(=O)NC2=O)cc1)c1ccccn1.O=C(O)/C=C\C(=O)O. The Balaban J connectivity index is 0.000000217. The fourth-order valence-electron chi connectivity index (χ4n) is 4.83. The highest BCUT2D eigenvalue weighted by Gasteiger charge is 2.31. The highest BCUT2D eigenvalue weighted by Crippen LogP contribution is 2.26. The minimum absolute atomic E-state index is 0.215. The number of hydrogen-bond acceptors (Lipinski definition) is 14. The molecule has 16 nitrogen and oxygen atoms in total. The summed E-state index contributed by atoms with van der Waals surface area (Å²) in [4.78, 5) is 77.6. The molecule has 2 fully saturated rings. The number of ether oxygens (including phenoxy) is 2. The number of carboxylic acid groups (broad SMARTS) is 2. The third kappa shape index (κ3) is 15.5. The first-order valence-electron chi connectivity index (χ1n) is 17.5. The van der Waals surface area contributed by atoms with Crippen molar-refractivity contribution in [3.8, 4) is 11.5 Å². The second kappa shape index (κ2) is 22.8. The van der Waals surface area contributed by atoms with Crippen LogP contribution < -0.4 is 29.9 Å². The van der Waals surface area contributed by atoms with Crippen LogP contribution in [0.5, 0.6) is 11.5 Å². The summed E-state index contributed by atoms with van der Waals surface area (Å²) in [5.41, 5.74) is 1.84. The van der Waals surface area contributed by atoms with Gasteiger partial charge < -0.3 is 29.5 Å². The van der Waals surface area contributed by atoms with Crippen molar-refractivity contribution in [2.75, 3.05) is 50.2 Å². The first-order valence-corrected chi connectivity index (χ1v) is 19.1. The van der Waals surface area contributed by atoms with Gasteiger partial charge in [0.1, 0.15) is 36.3 Å². The van der Waals surface area contributed by atoms with E-state index in [0.717, 1.165) is 64.3 Å². The number of carboxylic acids is 2. The summed E-state index contributed by atoms with van der Waals surface area (Å²) in [7, 11) is 3.94. The maximum atomic E-state index is 11.6. The number of carbonyl (C=O) groups excluding carboxylic acids is 4. The zero-order valence-electron chi connectivity index (χ0n) is 31.3. The molecule has 1 unspecified atom stereocenters. The number of thioether (sulfide) groups is 2. The van der Waals surface area contributed by atoms with Crippen LogP contribution in [0.15, 0.2) is 114 Å². The summed E-state index contributed by atoms with van der Waals surface area (Å²) in [6, 6.07) is 26.6. The van der Waals surface area contributed by atoms with Gasteiger partial charge >= 0.3 is 11.9 Å². The molecule has 58 heavy (non-hydrogen) atoms. The molecule has 6 rings (SSSR count). The molecule has 4 aromatic rings. The molecule has 0 spiro atoms. The molecule has 2 aromatic heterocycles. The zero-order valence-corrected chi connectivity index (χ0v) is 33.0. The Labute approximate surface area is 342 Å². The van der Waals surface area contributed by atoms with E-state index in [2.05, 4.69) is 20.6 Å². The topological polar surface area (TPSA) is 218 Å². The van der Waals surface area contributed by atoms with Crippen LogP contribution in [0.3, 0.4) is 0 Å². The van der Waals surface area contributed by atoms with Crippen molar-refractivity contribution in [2.24, 2.45) is 0 Å². The Morgan fingerprint density at radius 1 is 0.724 bits per heavy atom. The minimum Gasteiger partial charge on any atom is -0.492 e. The number of nitrogens with one attached hydrogen (secondary N) is 2. The van der Waals surface area contributed by atoms with Gasteiger partial charge in [-0.25, -0.2) is 19.6 Å². The fourth-order valence-corrected chi connectivity index (χ4v) is 6.37. The molecule has 0 radical (unpaired) electrons. The number of aromatic nitrogens is 2. The molecule has 2 saturated heterocycles. The van der Waals surface area contributed by atoms with Gasteiger partial charge in [0.15, 0.2) is 0 Å². The van der Waals surface area contributed by atoms with E-state index in [4.69, 9.17) is 19.7 Å². The van der Waals surface area contributed by atoms with Crippen LogP contribution in [0, 0.1) is 0 Å². The second-order valence-corrected chi connectivity index (χ2v) is 14.3. The molecule has 0 aliphatic carbocycles. The molecule has 4 heterocycles. The van der Waals surface area contributed by atoms with E-state index in [-0.39, 0.29) is 27.5 Å². The Hall–Kier alpha value is -6.66. The third-order valence-electron chi connectivity index (χ3n) is 7.77. The lowest BCUT2D eigenvalue weighted by molar-refractivity contribution is -0.134. The van der Waals surface area contributed by atoms with Gasteiger partial charge in [-0.05, 0) is 83.9 Å². The van der Waals surface area contributed by atoms with Gasteiger partial charge in [0.2, 0.25) is 5.91 Å².